The molecule has 0 aliphatic rings. The lowest BCUT2D eigenvalue weighted by atomic mass is 10.1. The quantitative estimate of drug-likeness (QED) is 0.734. The Balaban J connectivity index is 1.78. The van der Waals surface area contributed by atoms with Crippen molar-refractivity contribution in [3.63, 3.8) is 0 Å². The van der Waals surface area contributed by atoms with Gasteiger partial charge in [0.1, 0.15) is 7.05 Å². The van der Waals surface area contributed by atoms with Crippen molar-refractivity contribution in [3.8, 4) is 5.69 Å². The largest absolute Gasteiger partial charge is 0.427 e. The van der Waals surface area contributed by atoms with Gasteiger partial charge in [-0.1, -0.05) is 12.2 Å². The fraction of sp³-hybridized carbons (Fsp3) is 0.0625. The Bertz CT molecular complexity index is 812. The molecule has 104 valence electrons. The van der Waals surface area contributed by atoms with Crippen LogP contribution in [0.25, 0.3) is 17.8 Å². The highest BCUT2D eigenvalue weighted by Crippen LogP contribution is 2.08. The van der Waals surface area contributed by atoms with Crippen LogP contribution in [-0.4, -0.2) is 5.27 Å². The lowest BCUT2D eigenvalue weighted by molar-refractivity contribution is -0.671. The van der Waals surface area contributed by atoms with Crippen molar-refractivity contribution in [2.45, 2.75) is 0 Å². The fourth-order valence-corrected chi connectivity index (χ4v) is 1.94. The number of aromatic amines is 1. The third kappa shape index (κ3) is 3.14. The van der Waals surface area contributed by atoms with E-state index in [2.05, 4.69) is 28.0 Å². The fourth-order valence-electron chi connectivity index (χ4n) is 1.94. The highest BCUT2D eigenvalue weighted by Gasteiger charge is 2.09. The topological polar surface area (TPSA) is 53.8 Å². The molecular weight excluding hydrogens is 266 g/mol. The summed E-state index contributed by atoms with van der Waals surface area (Å²) in [5.74, 6) is 0. The zero-order valence-electron chi connectivity index (χ0n) is 11.6. The highest BCUT2D eigenvalue weighted by atomic mass is 16.5. The number of aryl methyl sites for hydroxylation is 1. The normalized spacial score (nSPS) is 11.1. The predicted molar refractivity (Wildman–Crippen MR) is 77.4 cm³/mol. The van der Waals surface area contributed by atoms with Crippen molar-refractivity contribution in [1.82, 2.24) is 5.27 Å². The summed E-state index contributed by atoms with van der Waals surface area (Å²) in [4.78, 5) is 11.0. The molecular formula is C16H15N3O2+2. The van der Waals surface area contributed by atoms with E-state index < -0.39 is 5.63 Å². The third-order valence-corrected chi connectivity index (χ3v) is 3.12. The molecule has 0 spiro atoms. The second-order valence-corrected chi connectivity index (χ2v) is 4.73. The van der Waals surface area contributed by atoms with Crippen LogP contribution >= 0.6 is 0 Å². The van der Waals surface area contributed by atoms with Gasteiger partial charge in [-0.15, -0.1) is 0 Å². The van der Waals surface area contributed by atoms with E-state index >= 15 is 0 Å². The van der Waals surface area contributed by atoms with Gasteiger partial charge in [0.05, 0.1) is 0 Å². The first-order chi connectivity index (χ1) is 10.2. The number of aromatic nitrogens is 3. The molecule has 1 N–H and O–H groups in total. The van der Waals surface area contributed by atoms with Gasteiger partial charge in [0.2, 0.25) is 5.69 Å². The lowest BCUT2D eigenvalue weighted by Gasteiger charge is -1.94. The van der Waals surface area contributed by atoms with E-state index in [4.69, 9.17) is 0 Å². The van der Waals surface area contributed by atoms with E-state index in [-0.39, 0.29) is 0 Å². The van der Waals surface area contributed by atoms with Gasteiger partial charge in [0, 0.05) is 24.3 Å². The molecule has 2 aromatic heterocycles. The van der Waals surface area contributed by atoms with E-state index in [0.717, 1.165) is 16.8 Å². The summed E-state index contributed by atoms with van der Waals surface area (Å²) in [7, 11) is 1.99. The molecule has 0 fully saturated rings. The van der Waals surface area contributed by atoms with Gasteiger partial charge in [-0.2, -0.15) is 0 Å². The Morgan fingerprint density at radius 1 is 1.00 bits per heavy atom. The Morgan fingerprint density at radius 3 is 2.19 bits per heavy atom. The number of hydrogen-bond acceptors (Lipinski definition) is 2. The van der Waals surface area contributed by atoms with E-state index in [1.165, 1.54) is 10.9 Å². The molecule has 0 saturated carbocycles. The van der Waals surface area contributed by atoms with Crippen LogP contribution in [0.3, 0.4) is 0 Å². The maximum Gasteiger partial charge on any atom is 0.427 e. The highest BCUT2D eigenvalue weighted by molar-refractivity contribution is 5.69. The number of nitrogens with one attached hydrogen (secondary N) is 1. The molecule has 5 heteroatoms. The first kappa shape index (κ1) is 13.1. The van der Waals surface area contributed by atoms with Gasteiger partial charge in [0.25, 0.3) is 6.20 Å². The zero-order valence-corrected chi connectivity index (χ0v) is 11.6. The van der Waals surface area contributed by atoms with Crippen LogP contribution in [-0.2, 0) is 7.05 Å². The average Bonchev–Trinajstić information content (AvgIpc) is 2.94. The van der Waals surface area contributed by atoms with Crippen LogP contribution in [0.5, 0.6) is 0 Å². The minimum atomic E-state index is -0.406. The molecule has 21 heavy (non-hydrogen) atoms. The molecule has 0 radical (unpaired) electrons. The minimum Gasteiger partial charge on any atom is -0.283 e. The van der Waals surface area contributed by atoms with E-state index in [1.54, 1.807) is 0 Å². The standard InChI is InChI=1S/C16H14N3O2/c1-18-10-8-14(9-11-18)3-2-13-4-6-15(7-5-13)19-12-16(20)21-17-19/h2-12H,1H3/q+1/p+1/b3-2+. The van der Waals surface area contributed by atoms with Gasteiger partial charge in [-0.05, 0) is 33.2 Å². The van der Waals surface area contributed by atoms with Gasteiger partial charge in [-0.3, -0.25) is 4.52 Å². The summed E-state index contributed by atoms with van der Waals surface area (Å²) in [6.45, 7) is 0. The molecule has 0 amide bonds. The van der Waals surface area contributed by atoms with Crippen molar-refractivity contribution < 1.29 is 13.8 Å². The first-order valence-corrected chi connectivity index (χ1v) is 6.55. The summed E-state index contributed by atoms with van der Waals surface area (Å²) in [5, 5.41) is 2.51. The molecule has 1 aromatic carbocycles. The molecule has 2 heterocycles. The Kier molecular flexibility index (Phi) is 3.47. The Morgan fingerprint density at radius 2 is 1.62 bits per heavy atom. The summed E-state index contributed by atoms with van der Waals surface area (Å²) < 4.78 is 8.16. The number of hydrogen-bond donors (Lipinski definition) is 1. The Hall–Kier alpha value is -2.95. The maximum absolute atomic E-state index is 11.0. The maximum atomic E-state index is 11.0. The second-order valence-electron chi connectivity index (χ2n) is 4.73. The molecule has 0 unspecified atom stereocenters. The summed E-state index contributed by atoms with van der Waals surface area (Å²) >= 11 is 0. The SMILES string of the molecule is C[n+]1ccc(/C=C/c2ccc(-[n+]3cc(=O)o[nH]3)cc2)cc1. The number of rotatable bonds is 3. The van der Waals surface area contributed by atoms with E-state index in [9.17, 15) is 4.79 Å². The molecule has 0 aliphatic carbocycles. The zero-order chi connectivity index (χ0) is 14.7. The van der Waals surface area contributed by atoms with Crippen LogP contribution in [0, 0.1) is 0 Å². The monoisotopic (exact) mass is 281 g/mol. The van der Waals surface area contributed by atoms with Crippen LogP contribution in [0.2, 0.25) is 0 Å². The third-order valence-electron chi connectivity index (χ3n) is 3.12. The van der Waals surface area contributed by atoms with Crippen molar-refractivity contribution >= 4 is 12.2 Å². The number of H-pyrrole nitrogens is 1. The van der Waals surface area contributed by atoms with Crippen molar-refractivity contribution in [3.05, 3.63) is 76.5 Å². The molecule has 5 nitrogen and oxygen atoms in total. The van der Waals surface area contributed by atoms with Gasteiger partial charge in [0.15, 0.2) is 12.4 Å². The van der Waals surface area contributed by atoms with Crippen LogP contribution in [0.1, 0.15) is 11.1 Å². The smallest absolute Gasteiger partial charge is 0.283 e. The van der Waals surface area contributed by atoms with Crippen LogP contribution in [0.4, 0.5) is 0 Å². The van der Waals surface area contributed by atoms with E-state index in [1.807, 2.05) is 54.3 Å². The number of pyridine rings is 1. The molecule has 0 aliphatic heterocycles. The van der Waals surface area contributed by atoms with Crippen molar-refractivity contribution in [1.29, 1.82) is 0 Å². The molecule has 3 rings (SSSR count). The van der Waals surface area contributed by atoms with Crippen LogP contribution in [0.15, 0.2) is 64.3 Å². The molecule has 0 saturated heterocycles. The van der Waals surface area contributed by atoms with Gasteiger partial charge >= 0.3 is 5.63 Å². The van der Waals surface area contributed by atoms with Crippen molar-refractivity contribution in [2.24, 2.45) is 7.05 Å². The predicted octanol–water partition coefficient (Wildman–Crippen LogP) is 1.24. The van der Waals surface area contributed by atoms with Gasteiger partial charge in [-0.25, -0.2) is 9.36 Å². The minimum absolute atomic E-state index is 0.406. The first-order valence-electron chi connectivity index (χ1n) is 6.55. The van der Waals surface area contributed by atoms with Crippen molar-refractivity contribution in [2.75, 3.05) is 0 Å². The molecule has 0 bridgehead atoms. The molecule has 3 aromatic rings. The summed E-state index contributed by atoms with van der Waals surface area (Å²) in [6, 6.07) is 11.9. The second kappa shape index (κ2) is 5.58. The van der Waals surface area contributed by atoms with Gasteiger partial charge < -0.3 is 0 Å². The Labute approximate surface area is 121 Å². The number of benzene rings is 1. The molecule has 0 atom stereocenters. The number of nitrogens with zero attached hydrogens (tertiary/aromatic N) is 2. The van der Waals surface area contributed by atoms with E-state index in [0.29, 0.717) is 0 Å². The lowest BCUT2D eigenvalue weighted by Crippen LogP contribution is -2.31. The average molecular weight is 281 g/mol. The summed E-state index contributed by atoms with van der Waals surface area (Å²) in [5.41, 5.74) is 2.66. The summed E-state index contributed by atoms with van der Waals surface area (Å²) in [6.07, 6.45) is 9.47. The van der Waals surface area contributed by atoms with Crippen LogP contribution < -0.4 is 14.9 Å².